The highest BCUT2D eigenvalue weighted by atomic mass is 79.9. The van der Waals surface area contributed by atoms with Gasteiger partial charge in [-0.05, 0) is 29.8 Å². The molecule has 3 rings (SSSR count). The Morgan fingerprint density at radius 1 is 1.13 bits per heavy atom. The van der Waals surface area contributed by atoms with E-state index in [1.807, 2.05) is 12.1 Å². The summed E-state index contributed by atoms with van der Waals surface area (Å²) in [5, 5.41) is 0. The third kappa shape index (κ3) is 3.22. The number of benzene rings is 2. The zero-order valence-electron chi connectivity index (χ0n) is 13.7. The zero-order chi connectivity index (χ0) is 16.4. The number of rotatable bonds is 4. The molecule has 0 aliphatic carbocycles. The molecule has 0 amide bonds. The number of hydrogen-bond acceptors (Lipinski definition) is 3. The number of nitrogens with zero attached hydrogens (tertiary/aromatic N) is 2. The molecule has 1 aliphatic heterocycles. The van der Waals surface area contributed by atoms with E-state index in [-0.39, 0.29) is 0 Å². The Kier molecular flexibility index (Phi) is 4.62. The average Bonchev–Trinajstić information content (AvgIpc) is 2.56. The van der Waals surface area contributed by atoms with Crippen molar-refractivity contribution in [1.82, 2.24) is 0 Å². The molecule has 1 heterocycles. The molecule has 0 atom stereocenters. The SMILES string of the molecule is COc1ccc(Br)c2c1N(Cc1ccc(N(C)C)cc1)CC=C2. The lowest BCUT2D eigenvalue weighted by molar-refractivity contribution is 0.414. The van der Waals surface area contributed by atoms with E-state index in [0.29, 0.717) is 0 Å². The lowest BCUT2D eigenvalue weighted by atomic mass is 10.1. The molecule has 0 unspecified atom stereocenters. The van der Waals surface area contributed by atoms with Crippen LogP contribution in [0.3, 0.4) is 0 Å². The van der Waals surface area contributed by atoms with Crippen LogP contribution in [0.1, 0.15) is 11.1 Å². The quantitative estimate of drug-likeness (QED) is 0.782. The van der Waals surface area contributed by atoms with Gasteiger partial charge in [0.05, 0.1) is 12.8 Å². The van der Waals surface area contributed by atoms with Crippen molar-refractivity contribution in [1.29, 1.82) is 0 Å². The van der Waals surface area contributed by atoms with Crippen LogP contribution in [0.15, 0.2) is 46.9 Å². The van der Waals surface area contributed by atoms with Gasteiger partial charge in [-0.2, -0.15) is 0 Å². The van der Waals surface area contributed by atoms with Gasteiger partial charge in [0.15, 0.2) is 0 Å². The molecular formula is C19H21BrN2O. The van der Waals surface area contributed by atoms with Crippen molar-refractivity contribution in [2.75, 3.05) is 37.5 Å². The summed E-state index contributed by atoms with van der Waals surface area (Å²) in [6, 6.07) is 12.8. The van der Waals surface area contributed by atoms with Gasteiger partial charge in [0, 0.05) is 42.9 Å². The summed E-state index contributed by atoms with van der Waals surface area (Å²) in [4.78, 5) is 4.46. The maximum Gasteiger partial charge on any atom is 0.142 e. The molecule has 2 aromatic rings. The third-order valence-electron chi connectivity index (χ3n) is 4.10. The molecule has 1 aliphatic rings. The predicted octanol–water partition coefficient (Wildman–Crippen LogP) is 4.56. The van der Waals surface area contributed by atoms with E-state index in [0.717, 1.165) is 29.0 Å². The second-order valence-electron chi connectivity index (χ2n) is 5.86. The summed E-state index contributed by atoms with van der Waals surface area (Å²) in [7, 11) is 5.85. The molecule has 0 fully saturated rings. The van der Waals surface area contributed by atoms with Crippen molar-refractivity contribution in [3.63, 3.8) is 0 Å². The van der Waals surface area contributed by atoms with Gasteiger partial charge in [0.2, 0.25) is 0 Å². The Balaban J connectivity index is 1.91. The van der Waals surface area contributed by atoms with Gasteiger partial charge >= 0.3 is 0 Å². The van der Waals surface area contributed by atoms with E-state index in [4.69, 9.17) is 4.74 Å². The van der Waals surface area contributed by atoms with Crippen LogP contribution >= 0.6 is 15.9 Å². The summed E-state index contributed by atoms with van der Waals surface area (Å²) in [5.41, 5.74) is 4.84. The van der Waals surface area contributed by atoms with Gasteiger partial charge in [-0.15, -0.1) is 0 Å². The fraction of sp³-hybridized carbons (Fsp3) is 0.263. The largest absolute Gasteiger partial charge is 0.495 e. The van der Waals surface area contributed by atoms with Crippen LogP contribution in [0.4, 0.5) is 11.4 Å². The molecule has 4 heteroatoms. The molecule has 0 radical (unpaired) electrons. The van der Waals surface area contributed by atoms with Crippen molar-refractivity contribution >= 4 is 33.4 Å². The minimum atomic E-state index is 0.859. The van der Waals surface area contributed by atoms with Crippen LogP contribution in [0, 0.1) is 0 Å². The van der Waals surface area contributed by atoms with Crippen molar-refractivity contribution < 1.29 is 4.74 Å². The monoisotopic (exact) mass is 372 g/mol. The van der Waals surface area contributed by atoms with Crippen LogP contribution in [0.2, 0.25) is 0 Å². The standard InChI is InChI=1S/C19H21BrN2O/c1-21(2)15-8-6-14(7-9-15)13-22-12-4-5-16-17(20)10-11-18(23-3)19(16)22/h4-11H,12-13H2,1-3H3. The number of fused-ring (bicyclic) bond motifs is 1. The number of halogens is 1. The first-order valence-electron chi connectivity index (χ1n) is 7.64. The first kappa shape index (κ1) is 15.9. The summed E-state index contributed by atoms with van der Waals surface area (Å²) in [6.45, 7) is 1.74. The molecule has 0 N–H and O–H groups in total. The first-order valence-corrected chi connectivity index (χ1v) is 8.43. The van der Waals surface area contributed by atoms with E-state index in [1.165, 1.54) is 16.8 Å². The van der Waals surface area contributed by atoms with Crippen LogP contribution in [-0.2, 0) is 6.54 Å². The zero-order valence-corrected chi connectivity index (χ0v) is 15.3. The topological polar surface area (TPSA) is 15.7 Å². The fourth-order valence-corrected chi connectivity index (χ4v) is 3.32. The highest BCUT2D eigenvalue weighted by Crippen LogP contribution is 2.40. The van der Waals surface area contributed by atoms with Crippen LogP contribution < -0.4 is 14.5 Å². The fourth-order valence-electron chi connectivity index (χ4n) is 2.87. The van der Waals surface area contributed by atoms with Crippen molar-refractivity contribution in [2.45, 2.75) is 6.54 Å². The first-order chi connectivity index (χ1) is 11.1. The lowest BCUT2D eigenvalue weighted by Gasteiger charge is -2.30. The highest BCUT2D eigenvalue weighted by Gasteiger charge is 2.20. The Labute approximate surface area is 146 Å². The Morgan fingerprint density at radius 2 is 1.87 bits per heavy atom. The Hall–Kier alpha value is -1.94. The van der Waals surface area contributed by atoms with E-state index < -0.39 is 0 Å². The van der Waals surface area contributed by atoms with Gasteiger partial charge in [-0.3, -0.25) is 0 Å². The number of anilines is 2. The summed E-state index contributed by atoms with van der Waals surface area (Å²) in [5.74, 6) is 0.914. The van der Waals surface area contributed by atoms with Gasteiger partial charge in [-0.25, -0.2) is 0 Å². The normalized spacial score (nSPS) is 13.0. The molecule has 23 heavy (non-hydrogen) atoms. The van der Waals surface area contributed by atoms with Gasteiger partial charge in [0.1, 0.15) is 5.75 Å². The van der Waals surface area contributed by atoms with Crippen LogP contribution in [-0.4, -0.2) is 27.7 Å². The molecule has 120 valence electrons. The number of hydrogen-bond donors (Lipinski definition) is 0. The van der Waals surface area contributed by atoms with E-state index in [1.54, 1.807) is 7.11 Å². The molecule has 3 nitrogen and oxygen atoms in total. The third-order valence-corrected chi connectivity index (χ3v) is 4.79. The van der Waals surface area contributed by atoms with Gasteiger partial charge < -0.3 is 14.5 Å². The molecular weight excluding hydrogens is 352 g/mol. The Morgan fingerprint density at radius 3 is 2.52 bits per heavy atom. The molecule has 2 aromatic carbocycles. The highest BCUT2D eigenvalue weighted by molar-refractivity contribution is 9.10. The second-order valence-corrected chi connectivity index (χ2v) is 6.71. The van der Waals surface area contributed by atoms with Crippen molar-refractivity contribution in [2.24, 2.45) is 0 Å². The summed E-state index contributed by atoms with van der Waals surface area (Å²) >= 11 is 3.64. The smallest absolute Gasteiger partial charge is 0.142 e. The lowest BCUT2D eigenvalue weighted by Crippen LogP contribution is -2.26. The molecule has 0 spiro atoms. The van der Waals surface area contributed by atoms with Crippen molar-refractivity contribution in [3.05, 3.63) is 58.1 Å². The molecule has 0 aromatic heterocycles. The van der Waals surface area contributed by atoms with E-state index in [9.17, 15) is 0 Å². The summed E-state index contributed by atoms with van der Waals surface area (Å²) < 4.78 is 6.68. The number of methoxy groups -OCH3 is 1. The molecule has 0 saturated heterocycles. The molecule has 0 saturated carbocycles. The van der Waals surface area contributed by atoms with E-state index >= 15 is 0 Å². The Bertz CT molecular complexity index is 723. The van der Waals surface area contributed by atoms with Gasteiger partial charge in [0.25, 0.3) is 0 Å². The average molecular weight is 373 g/mol. The maximum atomic E-state index is 5.58. The van der Waals surface area contributed by atoms with Crippen LogP contribution in [0.25, 0.3) is 6.08 Å². The van der Waals surface area contributed by atoms with Crippen LogP contribution in [0.5, 0.6) is 5.75 Å². The minimum absolute atomic E-state index is 0.859. The summed E-state index contributed by atoms with van der Waals surface area (Å²) in [6.07, 6.45) is 4.36. The second kappa shape index (κ2) is 6.67. The van der Waals surface area contributed by atoms with Crippen molar-refractivity contribution in [3.8, 4) is 5.75 Å². The van der Waals surface area contributed by atoms with E-state index in [2.05, 4.69) is 76.2 Å². The molecule has 0 bridgehead atoms. The maximum absolute atomic E-state index is 5.58. The van der Waals surface area contributed by atoms with Gasteiger partial charge in [-0.1, -0.05) is 40.2 Å². The predicted molar refractivity (Wildman–Crippen MR) is 102 cm³/mol. The number of ether oxygens (including phenoxy) is 1. The minimum Gasteiger partial charge on any atom is -0.495 e.